The largest absolute Gasteiger partial charge is 0.349 e. The van der Waals surface area contributed by atoms with E-state index in [2.05, 4.69) is 19.9 Å². The van der Waals surface area contributed by atoms with Crippen molar-refractivity contribution in [2.75, 3.05) is 4.90 Å². The lowest BCUT2D eigenvalue weighted by Crippen LogP contribution is -2.50. The first-order valence-corrected chi connectivity index (χ1v) is 10.1. The number of hydrogen-bond acceptors (Lipinski definition) is 6. The number of carbonyl (C=O) groups is 2. The molecule has 1 atom stereocenters. The summed E-state index contributed by atoms with van der Waals surface area (Å²) in [6, 6.07) is 11.0. The molecule has 9 heteroatoms. The Morgan fingerprint density at radius 2 is 1.86 bits per heavy atom. The van der Waals surface area contributed by atoms with E-state index in [-0.39, 0.29) is 11.6 Å². The van der Waals surface area contributed by atoms with E-state index in [4.69, 9.17) is 11.6 Å². The Hall–Kier alpha value is -2.84. The summed E-state index contributed by atoms with van der Waals surface area (Å²) < 4.78 is 3.77. The van der Waals surface area contributed by atoms with Crippen molar-refractivity contribution in [1.29, 1.82) is 0 Å². The summed E-state index contributed by atoms with van der Waals surface area (Å²) in [7, 11) is 0. The Labute approximate surface area is 177 Å². The molecule has 3 rings (SSSR count). The molecule has 29 heavy (non-hydrogen) atoms. The van der Waals surface area contributed by atoms with Gasteiger partial charge in [0.2, 0.25) is 5.91 Å². The number of pyridine rings is 1. The highest BCUT2D eigenvalue weighted by atomic mass is 35.5. The van der Waals surface area contributed by atoms with Crippen LogP contribution < -0.4 is 10.2 Å². The third-order valence-electron chi connectivity index (χ3n) is 3.88. The van der Waals surface area contributed by atoms with Crippen LogP contribution in [-0.4, -0.2) is 31.9 Å². The zero-order chi connectivity index (χ0) is 21.0. The summed E-state index contributed by atoms with van der Waals surface area (Å²) in [4.78, 5) is 32.4. The van der Waals surface area contributed by atoms with Crippen LogP contribution in [0.3, 0.4) is 0 Å². The fourth-order valence-electron chi connectivity index (χ4n) is 2.75. The number of halogens is 1. The summed E-state index contributed by atoms with van der Waals surface area (Å²) in [5, 5.41) is 8.68. The molecule has 1 N–H and O–H groups in total. The molecule has 0 bridgehead atoms. The summed E-state index contributed by atoms with van der Waals surface area (Å²) in [6.07, 6.45) is 1.58. The predicted octanol–water partition coefficient (Wildman–Crippen LogP) is 3.89. The lowest BCUT2D eigenvalue weighted by molar-refractivity contribution is -0.124. The van der Waals surface area contributed by atoms with E-state index in [0.29, 0.717) is 16.4 Å². The van der Waals surface area contributed by atoms with Gasteiger partial charge in [-0.2, -0.15) is 0 Å². The molecule has 2 amide bonds. The van der Waals surface area contributed by atoms with Crippen molar-refractivity contribution in [2.24, 2.45) is 0 Å². The Morgan fingerprint density at radius 3 is 2.45 bits per heavy atom. The second kappa shape index (κ2) is 8.67. The van der Waals surface area contributed by atoms with Gasteiger partial charge >= 0.3 is 0 Å². The molecule has 0 unspecified atom stereocenters. The van der Waals surface area contributed by atoms with Gasteiger partial charge in [0.05, 0.1) is 16.4 Å². The summed E-state index contributed by atoms with van der Waals surface area (Å²) in [5.74, 6) is -0.876. The maximum atomic E-state index is 13.4. The first kappa shape index (κ1) is 20.9. The third kappa shape index (κ3) is 4.96. The van der Waals surface area contributed by atoms with Gasteiger partial charge in [-0.3, -0.25) is 19.5 Å². The number of benzene rings is 1. The highest BCUT2D eigenvalue weighted by molar-refractivity contribution is 7.03. The van der Waals surface area contributed by atoms with E-state index in [1.54, 1.807) is 48.7 Å². The Bertz CT molecular complexity index is 990. The molecule has 0 radical (unpaired) electrons. The highest BCUT2D eigenvalue weighted by Crippen LogP contribution is 2.34. The van der Waals surface area contributed by atoms with Crippen molar-refractivity contribution in [2.45, 2.75) is 32.4 Å². The number of aromatic nitrogens is 3. The van der Waals surface area contributed by atoms with Crippen LogP contribution in [-0.2, 0) is 4.79 Å². The third-order valence-corrected chi connectivity index (χ3v) is 4.71. The average Bonchev–Trinajstić information content (AvgIpc) is 3.20. The zero-order valence-corrected chi connectivity index (χ0v) is 17.7. The van der Waals surface area contributed by atoms with Gasteiger partial charge in [0.1, 0.15) is 0 Å². The minimum absolute atomic E-state index is 0.124. The van der Waals surface area contributed by atoms with Crippen molar-refractivity contribution in [1.82, 2.24) is 19.9 Å². The molecule has 0 saturated heterocycles. The standard InChI is InChI=1S/C20H20ClN5O2S/c1-20(2,3)23-18(27)17(14-9-6-7-11-22-14)26(16-10-5-4-8-13(16)21)19(28)15-12-29-25-24-15/h4-12,17H,1-3H3,(H,23,27)/t17-/m0/s1. The van der Waals surface area contributed by atoms with Crippen molar-refractivity contribution < 1.29 is 9.59 Å². The number of amides is 2. The first-order chi connectivity index (χ1) is 13.8. The van der Waals surface area contributed by atoms with Crippen LogP contribution in [0.4, 0.5) is 5.69 Å². The summed E-state index contributed by atoms with van der Waals surface area (Å²) in [6.45, 7) is 5.60. The number of anilines is 1. The van der Waals surface area contributed by atoms with E-state index in [9.17, 15) is 9.59 Å². The number of rotatable bonds is 5. The Morgan fingerprint density at radius 1 is 1.14 bits per heavy atom. The van der Waals surface area contributed by atoms with Gasteiger partial charge in [-0.05, 0) is 56.6 Å². The van der Waals surface area contributed by atoms with Crippen LogP contribution in [0.2, 0.25) is 5.02 Å². The lowest BCUT2D eigenvalue weighted by atomic mass is 10.0. The zero-order valence-electron chi connectivity index (χ0n) is 16.2. The first-order valence-electron chi connectivity index (χ1n) is 8.86. The minimum atomic E-state index is -1.05. The summed E-state index contributed by atoms with van der Waals surface area (Å²) in [5.41, 5.74) is 0.401. The van der Waals surface area contributed by atoms with Crippen LogP contribution in [0.1, 0.15) is 43.0 Å². The monoisotopic (exact) mass is 429 g/mol. The maximum Gasteiger partial charge on any atom is 0.280 e. The smallest absolute Gasteiger partial charge is 0.280 e. The summed E-state index contributed by atoms with van der Waals surface area (Å²) >= 11 is 7.47. The molecular formula is C20H20ClN5O2S. The Balaban J connectivity index is 2.18. The van der Waals surface area contributed by atoms with E-state index in [0.717, 1.165) is 11.5 Å². The van der Waals surface area contributed by atoms with Crippen molar-refractivity contribution in [3.05, 3.63) is 70.5 Å². The number of nitrogens with one attached hydrogen (secondary N) is 1. The average molecular weight is 430 g/mol. The molecule has 0 aliphatic heterocycles. The maximum absolute atomic E-state index is 13.4. The lowest BCUT2D eigenvalue weighted by Gasteiger charge is -2.33. The topological polar surface area (TPSA) is 88.1 Å². The van der Waals surface area contributed by atoms with Crippen LogP contribution in [0, 0.1) is 0 Å². The fraction of sp³-hybridized carbons (Fsp3) is 0.250. The van der Waals surface area contributed by atoms with E-state index in [1.807, 2.05) is 20.8 Å². The molecule has 150 valence electrons. The van der Waals surface area contributed by atoms with Crippen molar-refractivity contribution in [3.8, 4) is 0 Å². The van der Waals surface area contributed by atoms with Gasteiger partial charge in [0, 0.05) is 17.1 Å². The number of carbonyl (C=O) groups excluding carboxylic acids is 2. The molecule has 2 heterocycles. The fourth-order valence-corrected chi connectivity index (χ4v) is 3.41. The molecule has 7 nitrogen and oxygen atoms in total. The molecule has 0 fully saturated rings. The van der Waals surface area contributed by atoms with Crippen molar-refractivity contribution in [3.63, 3.8) is 0 Å². The van der Waals surface area contributed by atoms with Gasteiger partial charge in [-0.15, -0.1) is 5.10 Å². The molecule has 2 aromatic heterocycles. The molecular weight excluding hydrogens is 410 g/mol. The molecule has 0 spiro atoms. The molecule has 3 aromatic rings. The Kier molecular flexibility index (Phi) is 6.24. The molecule has 0 saturated carbocycles. The molecule has 0 aliphatic rings. The van der Waals surface area contributed by atoms with E-state index in [1.165, 1.54) is 10.3 Å². The number of para-hydroxylation sites is 1. The quantitative estimate of drug-likeness (QED) is 0.664. The van der Waals surface area contributed by atoms with Crippen LogP contribution >= 0.6 is 23.1 Å². The van der Waals surface area contributed by atoms with Crippen LogP contribution in [0.25, 0.3) is 0 Å². The van der Waals surface area contributed by atoms with Gasteiger partial charge in [-0.1, -0.05) is 34.3 Å². The normalized spacial score (nSPS) is 12.3. The van der Waals surface area contributed by atoms with E-state index < -0.39 is 17.5 Å². The van der Waals surface area contributed by atoms with Gasteiger partial charge < -0.3 is 5.32 Å². The van der Waals surface area contributed by atoms with Crippen molar-refractivity contribution >= 4 is 40.6 Å². The van der Waals surface area contributed by atoms with Gasteiger partial charge in [-0.25, -0.2) is 0 Å². The second-order valence-corrected chi connectivity index (χ2v) is 8.33. The highest BCUT2D eigenvalue weighted by Gasteiger charge is 2.37. The van der Waals surface area contributed by atoms with Crippen LogP contribution in [0.5, 0.6) is 0 Å². The van der Waals surface area contributed by atoms with Gasteiger partial charge in [0.25, 0.3) is 5.91 Å². The predicted molar refractivity (Wildman–Crippen MR) is 113 cm³/mol. The SMILES string of the molecule is CC(C)(C)NC(=O)[C@H](c1ccccn1)N(C(=O)c1csnn1)c1ccccc1Cl. The minimum Gasteiger partial charge on any atom is -0.349 e. The number of hydrogen-bond donors (Lipinski definition) is 1. The second-order valence-electron chi connectivity index (χ2n) is 7.31. The van der Waals surface area contributed by atoms with E-state index >= 15 is 0 Å². The molecule has 0 aliphatic carbocycles. The van der Waals surface area contributed by atoms with Gasteiger partial charge in [0.15, 0.2) is 11.7 Å². The number of nitrogens with zero attached hydrogens (tertiary/aromatic N) is 4. The van der Waals surface area contributed by atoms with Crippen LogP contribution in [0.15, 0.2) is 54.0 Å². The molecule has 1 aromatic carbocycles.